The second kappa shape index (κ2) is 8.91. The molecule has 2 aromatic carbocycles. The van der Waals surface area contributed by atoms with Crippen molar-refractivity contribution < 1.29 is 9.26 Å². The van der Waals surface area contributed by atoms with Crippen molar-refractivity contribution in [2.24, 2.45) is 0 Å². The number of nitrogens with zero attached hydrogens (tertiary/aromatic N) is 4. The summed E-state index contributed by atoms with van der Waals surface area (Å²) in [6.45, 7) is 1.92. The van der Waals surface area contributed by atoms with Crippen molar-refractivity contribution in [1.82, 2.24) is 19.7 Å². The van der Waals surface area contributed by atoms with Crippen LogP contribution in [0.15, 0.2) is 87.4 Å². The van der Waals surface area contributed by atoms with Gasteiger partial charge in [0.1, 0.15) is 23.0 Å². The van der Waals surface area contributed by atoms with Gasteiger partial charge in [0.25, 0.3) is 5.56 Å². The third-order valence-electron chi connectivity index (χ3n) is 5.22. The maximum Gasteiger partial charge on any atom is 0.267 e. The first-order chi connectivity index (χ1) is 16.2. The number of ether oxygens (including phenoxy) is 1. The quantitative estimate of drug-likeness (QED) is 0.261. The highest BCUT2D eigenvalue weighted by Gasteiger charge is 2.17. The number of pyridine rings is 1. The SMILES string of the molecule is COc1ccccc1-c1cc(CSc2nc3ccccc3c(=O)n2-c2ncccc2C)on1. The van der Waals surface area contributed by atoms with E-state index in [-0.39, 0.29) is 5.56 Å². The van der Waals surface area contributed by atoms with Crippen molar-refractivity contribution >= 4 is 22.7 Å². The van der Waals surface area contributed by atoms with Gasteiger partial charge >= 0.3 is 0 Å². The molecular formula is C25H20N4O3S. The molecule has 0 saturated carbocycles. The summed E-state index contributed by atoms with van der Waals surface area (Å²) in [4.78, 5) is 22.6. The van der Waals surface area contributed by atoms with Crippen LogP contribution in [0, 0.1) is 6.92 Å². The van der Waals surface area contributed by atoms with Crippen LogP contribution in [-0.2, 0) is 5.75 Å². The van der Waals surface area contributed by atoms with Gasteiger partial charge < -0.3 is 9.26 Å². The molecule has 0 saturated heterocycles. The number of rotatable bonds is 6. The van der Waals surface area contributed by atoms with E-state index < -0.39 is 0 Å². The van der Waals surface area contributed by atoms with Gasteiger partial charge in [-0.2, -0.15) is 0 Å². The molecule has 5 rings (SSSR count). The first-order valence-corrected chi connectivity index (χ1v) is 11.3. The topological polar surface area (TPSA) is 83.0 Å². The summed E-state index contributed by atoms with van der Waals surface area (Å²) in [6, 6.07) is 20.6. The Bertz CT molecular complexity index is 1510. The monoisotopic (exact) mass is 456 g/mol. The molecule has 164 valence electrons. The number of thioether (sulfide) groups is 1. The summed E-state index contributed by atoms with van der Waals surface area (Å²) >= 11 is 1.40. The molecule has 0 aliphatic rings. The summed E-state index contributed by atoms with van der Waals surface area (Å²) in [5.74, 6) is 2.39. The van der Waals surface area contributed by atoms with Gasteiger partial charge in [0.05, 0.1) is 23.8 Å². The number of fused-ring (bicyclic) bond motifs is 1. The van der Waals surface area contributed by atoms with Crippen LogP contribution in [0.1, 0.15) is 11.3 Å². The zero-order valence-electron chi connectivity index (χ0n) is 18.1. The Morgan fingerprint density at radius 1 is 1.06 bits per heavy atom. The molecule has 0 unspecified atom stereocenters. The molecule has 0 N–H and O–H groups in total. The molecule has 0 bridgehead atoms. The highest BCUT2D eigenvalue weighted by molar-refractivity contribution is 7.98. The molecule has 5 aromatic rings. The molecule has 0 fully saturated rings. The Balaban J connectivity index is 1.52. The third-order valence-corrected chi connectivity index (χ3v) is 6.18. The summed E-state index contributed by atoms with van der Waals surface area (Å²) in [7, 11) is 1.62. The molecule has 3 heterocycles. The summed E-state index contributed by atoms with van der Waals surface area (Å²) < 4.78 is 12.6. The fourth-order valence-corrected chi connectivity index (χ4v) is 4.48. The number of aromatic nitrogens is 4. The minimum atomic E-state index is -0.155. The van der Waals surface area contributed by atoms with E-state index in [1.54, 1.807) is 23.9 Å². The van der Waals surface area contributed by atoms with Crippen LogP contribution in [0.2, 0.25) is 0 Å². The van der Waals surface area contributed by atoms with Crippen LogP contribution in [0.4, 0.5) is 0 Å². The molecule has 33 heavy (non-hydrogen) atoms. The van der Waals surface area contributed by atoms with Gasteiger partial charge in [0.2, 0.25) is 0 Å². The van der Waals surface area contributed by atoms with Crippen LogP contribution in [0.25, 0.3) is 28.0 Å². The van der Waals surface area contributed by atoms with E-state index >= 15 is 0 Å². The lowest BCUT2D eigenvalue weighted by Crippen LogP contribution is -2.23. The average Bonchev–Trinajstić information content (AvgIpc) is 3.32. The van der Waals surface area contributed by atoms with Crippen LogP contribution >= 0.6 is 11.8 Å². The Hall–Kier alpha value is -3.91. The van der Waals surface area contributed by atoms with E-state index in [0.717, 1.165) is 16.9 Å². The Morgan fingerprint density at radius 3 is 2.73 bits per heavy atom. The van der Waals surface area contributed by atoms with Crippen LogP contribution < -0.4 is 10.3 Å². The molecule has 7 nitrogen and oxygen atoms in total. The van der Waals surface area contributed by atoms with Gasteiger partial charge in [-0.05, 0) is 42.8 Å². The van der Waals surface area contributed by atoms with Crippen molar-refractivity contribution in [2.75, 3.05) is 7.11 Å². The van der Waals surface area contributed by atoms with Gasteiger partial charge in [-0.25, -0.2) is 14.5 Å². The average molecular weight is 457 g/mol. The highest BCUT2D eigenvalue weighted by atomic mass is 32.2. The first-order valence-electron chi connectivity index (χ1n) is 10.3. The maximum atomic E-state index is 13.4. The van der Waals surface area contributed by atoms with Gasteiger partial charge in [0.15, 0.2) is 5.16 Å². The zero-order valence-corrected chi connectivity index (χ0v) is 18.9. The number of methoxy groups -OCH3 is 1. The number of benzene rings is 2. The molecular weight excluding hydrogens is 436 g/mol. The number of para-hydroxylation sites is 2. The fraction of sp³-hybridized carbons (Fsp3) is 0.120. The standard InChI is InChI=1S/C25H20N4O3S/c1-16-8-7-13-26-23(16)29-24(30)19-10-3-5-11-20(19)27-25(29)33-15-17-14-21(28-32-17)18-9-4-6-12-22(18)31-2/h3-14H,15H2,1-2H3. The third kappa shape index (κ3) is 4.01. The summed E-state index contributed by atoms with van der Waals surface area (Å²) in [5, 5.41) is 5.28. The second-order valence-corrected chi connectivity index (χ2v) is 8.31. The number of hydrogen-bond acceptors (Lipinski definition) is 7. The van der Waals surface area contributed by atoms with Crippen LogP contribution in [0.3, 0.4) is 0 Å². The van der Waals surface area contributed by atoms with Gasteiger partial charge in [-0.1, -0.05) is 47.3 Å². The van der Waals surface area contributed by atoms with E-state index in [1.165, 1.54) is 11.8 Å². The number of hydrogen-bond donors (Lipinski definition) is 0. The predicted octanol–water partition coefficient (Wildman–Crippen LogP) is 5.05. The van der Waals surface area contributed by atoms with Crippen molar-refractivity contribution in [3.8, 4) is 22.8 Å². The largest absolute Gasteiger partial charge is 0.496 e. The zero-order chi connectivity index (χ0) is 22.8. The smallest absolute Gasteiger partial charge is 0.267 e. The lowest BCUT2D eigenvalue weighted by molar-refractivity contribution is 0.395. The molecule has 0 aliphatic carbocycles. The van der Waals surface area contributed by atoms with E-state index in [9.17, 15) is 4.79 Å². The molecule has 8 heteroatoms. The van der Waals surface area contributed by atoms with Crippen LogP contribution in [0.5, 0.6) is 5.75 Å². The molecule has 0 atom stereocenters. The minimum Gasteiger partial charge on any atom is -0.496 e. The summed E-state index contributed by atoms with van der Waals surface area (Å²) in [6.07, 6.45) is 1.67. The fourth-order valence-electron chi connectivity index (χ4n) is 3.61. The van der Waals surface area contributed by atoms with Gasteiger partial charge in [-0.3, -0.25) is 4.79 Å². The minimum absolute atomic E-state index is 0.155. The second-order valence-electron chi connectivity index (χ2n) is 7.36. The maximum absolute atomic E-state index is 13.4. The summed E-state index contributed by atoms with van der Waals surface area (Å²) in [5.41, 5.74) is 2.91. The number of aryl methyl sites for hydroxylation is 1. The normalized spacial score (nSPS) is 11.1. The van der Waals surface area contributed by atoms with Gasteiger partial charge in [-0.15, -0.1) is 0 Å². The molecule has 0 spiro atoms. The molecule has 0 amide bonds. The Labute approximate surface area is 194 Å². The van der Waals surface area contributed by atoms with Crippen LogP contribution in [-0.4, -0.2) is 26.8 Å². The van der Waals surface area contributed by atoms with E-state index in [2.05, 4.69) is 10.1 Å². The van der Waals surface area contributed by atoms with E-state index in [0.29, 0.717) is 39.1 Å². The van der Waals surface area contributed by atoms with Crippen molar-refractivity contribution in [3.63, 3.8) is 0 Å². The lowest BCUT2D eigenvalue weighted by Gasteiger charge is -2.13. The first kappa shape index (κ1) is 21.0. The van der Waals surface area contributed by atoms with E-state index in [1.807, 2.05) is 67.6 Å². The molecule has 0 aliphatic heterocycles. The van der Waals surface area contributed by atoms with Crippen molar-refractivity contribution in [2.45, 2.75) is 17.8 Å². The predicted molar refractivity (Wildman–Crippen MR) is 128 cm³/mol. The highest BCUT2D eigenvalue weighted by Crippen LogP contribution is 2.31. The van der Waals surface area contributed by atoms with Crippen molar-refractivity contribution in [3.05, 3.63) is 94.6 Å². The Kier molecular flexibility index (Phi) is 5.66. The van der Waals surface area contributed by atoms with Gasteiger partial charge in [0, 0.05) is 17.8 Å². The molecule has 3 aromatic heterocycles. The Morgan fingerprint density at radius 2 is 1.88 bits per heavy atom. The van der Waals surface area contributed by atoms with Crippen molar-refractivity contribution in [1.29, 1.82) is 0 Å². The van der Waals surface area contributed by atoms with E-state index in [4.69, 9.17) is 14.2 Å². The lowest BCUT2D eigenvalue weighted by atomic mass is 10.1. The molecule has 0 radical (unpaired) electrons.